The number of rotatable bonds is 12. The van der Waals surface area contributed by atoms with E-state index in [2.05, 4.69) is 15.6 Å². The van der Waals surface area contributed by atoms with Gasteiger partial charge in [0.25, 0.3) is 0 Å². The molecule has 0 saturated heterocycles. The first-order chi connectivity index (χ1) is 29.9. The molecule has 0 fully saturated rings. The van der Waals surface area contributed by atoms with E-state index < -0.39 is 11.6 Å². The fourth-order valence-electron chi connectivity index (χ4n) is 7.63. The summed E-state index contributed by atoms with van der Waals surface area (Å²) in [5.74, 6) is 3.14. The summed E-state index contributed by atoms with van der Waals surface area (Å²) in [6.45, 7) is 9.10. The molecule has 0 spiro atoms. The molecule has 318 valence electrons. The van der Waals surface area contributed by atoms with Crippen LogP contribution in [0.3, 0.4) is 0 Å². The zero-order valence-corrected chi connectivity index (χ0v) is 36.6. The lowest BCUT2D eigenvalue weighted by Gasteiger charge is -2.39. The van der Waals surface area contributed by atoms with E-state index in [-0.39, 0.29) is 24.6 Å². The number of aromatic nitrogens is 1. The van der Waals surface area contributed by atoms with Gasteiger partial charge in [0.15, 0.2) is 17.6 Å². The number of fused-ring (bicyclic) bond motifs is 2. The Hall–Kier alpha value is -6.23. The van der Waals surface area contributed by atoms with Crippen LogP contribution in [0.25, 0.3) is 0 Å². The second-order valence-electron chi connectivity index (χ2n) is 16.2. The minimum Gasteiger partial charge on any atom is -0.489 e. The molecule has 1 aromatic heterocycles. The molecule has 0 saturated carbocycles. The molecular formula is C50H48Cl2N4O6. The van der Waals surface area contributed by atoms with Crippen LogP contribution in [0.4, 0.5) is 4.79 Å². The van der Waals surface area contributed by atoms with Crippen LogP contribution >= 0.6 is 23.2 Å². The number of hydrogen-bond donors (Lipinski definition) is 2. The summed E-state index contributed by atoms with van der Waals surface area (Å²) in [6.07, 6.45) is 2.28. The van der Waals surface area contributed by atoms with Gasteiger partial charge in [-0.1, -0.05) is 83.9 Å². The molecule has 12 heteroatoms. The lowest BCUT2D eigenvalue weighted by Crippen LogP contribution is -2.57. The van der Waals surface area contributed by atoms with Crippen LogP contribution in [0.15, 0.2) is 121 Å². The van der Waals surface area contributed by atoms with Gasteiger partial charge >= 0.3 is 6.03 Å². The molecule has 2 unspecified atom stereocenters. The Morgan fingerprint density at radius 2 is 1.56 bits per heavy atom. The highest BCUT2D eigenvalue weighted by molar-refractivity contribution is 6.42. The van der Waals surface area contributed by atoms with Gasteiger partial charge in [-0.05, 0) is 122 Å². The molecule has 5 aromatic carbocycles. The third kappa shape index (κ3) is 9.77. The Balaban J connectivity index is 0.945. The van der Waals surface area contributed by atoms with E-state index in [9.17, 15) is 9.59 Å². The summed E-state index contributed by atoms with van der Waals surface area (Å²) >= 11 is 12.2. The molecule has 8 rings (SSSR count). The smallest absolute Gasteiger partial charge is 0.319 e. The molecule has 2 N–H and O–H groups in total. The van der Waals surface area contributed by atoms with E-state index in [4.69, 9.17) is 42.1 Å². The topological polar surface area (TPSA) is 111 Å². The lowest BCUT2D eigenvalue weighted by molar-refractivity contribution is -0.126. The molecule has 3 heterocycles. The molecule has 62 heavy (non-hydrogen) atoms. The summed E-state index contributed by atoms with van der Waals surface area (Å²) in [4.78, 5) is 34.3. The largest absolute Gasteiger partial charge is 0.489 e. The zero-order chi connectivity index (χ0) is 43.4. The Morgan fingerprint density at radius 1 is 0.839 bits per heavy atom. The van der Waals surface area contributed by atoms with E-state index in [0.717, 1.165) is 56.1 Å². The monoisotopic (exact) mass is 870 g/mol. The SMILES string of the molecule is Cc1nccc(Oc2ccc(CCNC(=O)C3Cc4cc5c(cc4CN3C(=O)NC(C)(C)c3ccccc3)OC(c3ccc(OCc4ccc(Cl)c(Cl)c4)cc3)CO5)cc2)c1C. The lowest BCUT2D eigenvalue weighted by atomic mass is 9.92. The van der Waals surface area contributed by atoms with E-state index in [1.54, 1.807) is 23.2 Å². The number of carbonyl (C=O) groups is 2. The summed E-state index contributed by atoms with van der Waals surface area (Å²) in [6, 6.07) is 35.4. The molecule has 6 aromatic rings. The molecular weight excluding hydrogens is 823 g/mol. The van der Waals surface area contributed by atoms with Crippen molar-refractivity contribution >= 4 is 35.1 Å². The van der Waals surface area contributed by atoms with E-state index in [1.165, 1.54) is 0 Å². The third-order valence-corrected chi connectivity index (χ3v) is 12.2. The predicted molar refractivity (Wildman–Crippen MR) is 241 cm³/mol. The summed E-state index contributed by atoms with van der Waals surface area (Å²) in [5, 5.41) is 7.30. The first-order valence-electron chi connectivity index (χ1n) is 20.6. The number of pyridine rings is 1. The molecule has 0 radical (unpaired) electrons. The van der Waals surface area contributed by atoms with Crippen molar-refractivity contribution in [2.45, 2.75) is 71.4 Å². The Labute approximate surface area is 372 Å². The standard InChI is InChI=1S/C50H48Cl2N4O6/c1-31-32(2)53-23-21-44(31)61-40-15-10-33(11-16-40)20-22-54-48(57)43-25-36-26-45-46(27-37(36)28-56(43)49(58)55-50(3,4)38-8-6-5-7-9-38)62-47(30-60-45)35-13-17-39(18-14-35)59-29-34-12-19-41(51)42(52)24-34/h5-19,21,23-24,26-27,43,47H,20,22,25,28-30H2,1-4H3,(H,54,57)(H,55,58). The molecule has 2 aliphatic rings. The van der Waals surface area contributed by atoms with Crippen molar-refractivity contribution in [1.82, 2.24) is 20.5 Å². The van der Waals surface area contributed by atoms with Gasteiger partial charge < -0.3 is 34.5 Å². The number of ether oxygens (including phenoxy) is 4. The van der Waals surface area contributed by atoms with Gasteiger partial charge in [0.05, 0.1) is 15.6 Å². The number of urea groups is 1. The Bertz CT molecular complexity index is 2570. The Morgan fingerprint density at radius 3 is 2.32 bits per heavy atom. The maximum Gasteiger partial charge on any atom is 0.319 e. The number of carbonyl (C=O) groups excluding carboxylic acids is 2. The minimum absolute atomic E-state index is 0.203. The minimum atomic E-state index is -0.760. The third-order valence-electron chi connectivity index (χ3n) is 11.4. The summed E-state index contributed by atoms with van der Waals surface area (Å²) < 4.78 is 24.9. The highest BCUT2D eigenvalue weighted by atomic mass is 35.5. The molecule has 0 aliphatic carbocycles. The van der Waals surface area contributed by atoms with Crippen LogP contribution in [-0.4, -0.2) is 41.0 Å². The van der Waals surface area contributed by atoms with Crippen LogP contribution in [-0.2, 0) is 36.3 Å². The first-order valence-corrected chi connectivity index (χ1v) is 21.4. The van der Waals surface area contributed by atoms with E-state index in [0.29, 0.717) is 59.9 Å². The number of halogens is 2. The van der Waals surface area contributed by atoms with Gasteiger partial charge in [0, 0.05) is 37.0 Å². The molecule has 0 bridgehead atoms. The quantitative estimate of drug-likeness (QED) is 0.126. The second-order valence-corrected chi connectivity index (χ2v) is 17.0. The van der Waals surface area contributed by atoms with Gasteiger partial charge in [-0.3, -0.25) is 9.78 Å². The maximum absolute atomic E-state index is 14.3. The van der Waals surface area contributed by atoms with Crippen molar-refractivity contribution in [3.8, 4) is 28.7 Å². The number of benzene rings is 5. The average Bonchev–Trinajstić information content (AvgIpc) is 3.28. The highest BCUT2D eigenvalue weighted by Gasteiger charge is 2.38. The van der Waals surface area contributed by atoms with E-state index >= 15 is 0 Å². The van der Waals surface area contributed by atoms with Crippen molar-refractivity contribution in [2.24, 2.45) is 0 Å². The van der Waals surface area contributed by atoms with Gasteiger partial charge in [-0.25, -0.2) is 4.79 Å². The average molecular weight is 872 g/mol. The van der Waals surface area contributed by atoms with Crippen molar-refractivity contribution < 1.29 is 28.5 Å². The van der Waals surface area contributed by atoms with Gasteiger partial charge in [-0.2, -0.15) is 0 Å². The predicted octanol–water partition coefficient (Wildman–Crippen LogP) is 10.6. The number of nitrogens with zero attached hydrogens (tertiary/aromatic N) is 2. The first kappa shape index (κ1) is 42.5. The molecule has 2 atom stereocenters. The second kappa shape index (κ2) is 18.4. The fraction of sp³-hybridized carbons (Fsp3) is 0.260. The van der Waals surface area contributed by atoms with Gasteiger partial charge in [-0.15, -0.1) is 0 Å². The Kier molecular flexibility index (Phi) is 12.6. The fourth-order valence-corrected chi connectivity index (χ4v) is 7.95. The van der Waals surface area contributed by atoms with Crippen LogP contribution in [0.2, 0.25) is 10.0 Å². The molecule has 3 amide bonds. The number of amides is 3. The highest BCUT2D eigenvalue weighted by Crippen LogP contribution is 2.41. The van der Waals surface area contributed by atoms with Crippen molar-refractivity contribution in [1.29, 1.82) is 0 Å². The molecule has 2 aliphatic heterocycles. The number of aryl methyl sites for hydroxylation is 1. The summed E-state index contributed by atoms with van der Waals surface area (Å²) in [7, 11) is 0. The normalized spacial score (nSPS) is 15.6. The van der Waals surface area contributed by atoms with Gasteiger partial charge in [0.1, 0.15) is 36.5 Å². The van der Waals surface area contributed by atoms with Crippen molar-refractivity contribution in [3.63, 3.8) is 0 Å². The van der Waals surface area contributed by atoms with Crippen LogP contribution in [0.5, 0.6) is 28.7 Å². The maximum atomic E-state index is 14.3. The molecule has 10 nitrogen and oxygen atoms in total. The van der Waals surface area contributed by atoms with Crippen LogP contribution < -0.4 is 29.6 Å². The van der Waals surface area contributed by atoms with Crippen molar-refractivity contribution in [3.05, 3.63) is 176 Å². The number of hydrogen-bond acceptors (Lipinski definition) is 7. The van der Waals surface area contributed by atoms with Crippen LogP contribution in [0.1, 0.15) is 64.6 Å². The number of nitrogens with one attached hydrogen (secondary N) is 2. The van der Waals surface area contributed by atoms with E-state index in [1.807, 2.05) is 131 Å². The zero-order valence-electron chi connectivity index (χ0n) is 35.0. The summed E-state index contributed by atoms with van der Waals surface area (Å²) in [5.41, 5.74) is 6.86. The van der Waals surface area contributed by atoms with Crippen LogP contribution in [0, 0.1) is 13.8 Å². The van der Waals surface area contributed by atoms with Gasteiger partial charge in [0.2, 0.25) is 5.91 Å². The van der Waals surface area contributed by atoms with Crippen molar-refractivity contribution in [2.75, 3.05) is 13.2 Å².